The van der Waals surface area contributed by atoms with Gasteiger partial charge in [-0.15, -0.1) is 0 Å². The lowest BCUT2D eigenvalue weighted by molar-refractivity contribution is -0.128. The van der Waals surface area contributed by atoms with Gasteiger partial charge in [0, 0.05) is 7.05 Å². The van der Waals surface area contributed by atoms with Gasteiger partial charge >= 0.3 is 0 Å². The zero-order chi connectivity index (χ0) is 23.1. The number of benzene rings is 3. The maximum absolute atomic E-state index is 13.1. The molecule has 0 bridgehead atoms. The first-order chi connectivity index (χ1) is 15.3. The van der Waals surface area contributed by atoms with Gasteiger partial charge in [-0.3, -0.25) is 9.10 Å². The number of hydrogen-bond donors (Lipinski definition) is 1. The van der Waals surface area contributed by atoms with E-state index in [-0.39, 0.29) is 11.9 Å². The summed E-state index contributed by atoms with van der Waals surface area (Å²) in [6.07, 6.45) is 0.932. The van der Waals surface area contributed by atoms with E-state index in [1.807, 2.05) is 67.6 Å². The first-order valence-corrected chi connectivity index (χ1v) is 12.3. The predicted octanol–water partition coefficient (Wildman–Crippen LogP) is 4.15. The molecule has 6 nitrogen and oxygen atoms in total. The second-order valence-corrected chi connectivity index (χ2v) is 9.52. The van der Waals surface area contributed by atoms with E-state index in [1.165, 1.54) is 11.4 Å². The molecule has 0 aliphatic carbocycles. The zero-order valence-corrected chi connectivity index (χ0v) is 19.2. The number of nitrogens with zero attached hydrogens (tertiary/aromatic N) is 1. The summed E-state index contributed by atoms with van der Waals surface area (Å²) in [5.74, 6) is 0.274. The SMILES string of the molecule is CC[C@H](Oc1ccc(N(C)S(C)(=O)=O)cc1)C(=O)NC(c1ccccc1)c1ccccc1. The summed E-state index contributed by atoms with van der Waals surface area (Å²) in [7, 11) is -1.86. The number of hydrogen-bond acceptors (Lipinski definition) is 4. The molecule has 1 amide bonds. The van der Waals surface area contributed by atoms with Crippen molar-refractivity contribution in [2.75, 3.05) is 17.6 Å². The Morgan fingerprint density at radius 3 is 1.84 bits per heavy atom. The van der Waals surface area contributed by atoms with Gasteiger partial charge in [0.2, 0.25) is 10.0 Å². The van der Waals surface area contributed by atoms with Crippen molar-refractivity contribution in [3.05, 3.63) is 96.1 Å². The third-order valence-corrected chi connectivity index (χ3v) is 6.40. The number of rotatable bonds is 9. The highest BCUT2D eigenvalue weighted by atomic mass is 32.2. The number of carbonyl (C=O) groups excluding carboxylic acids is 1. The highest BCUT2D eigenvalue weighted by Gasteiger charge is 2.24. The number of carbonyl (C=O) groups is 1. The van der Waals surface area contributed by atoms with Gasteiger partial charge < -0.3 is 10.1 Å². The van der Waals surface area contributed by atoms with Crippen LogP contribution < -0.4 is 14.4 Å². The van der Waals surface area contributed by atoms with Crippen LogP contribution in [0.2, 0.25) is 0 Å². The second kappa shape index (κ2) is 10.3. The van der Waals surface area contributed by atoms with Gasteiger partial charge in [-0.05, 0) is 41.8 Å². The van der Waals surface area contributed by atoms with Gasteiger partial charge in [0.15, 0.2) is 6.10 Å². The average molecular weight is 453 g/mol. The van der Waals surface area contributed by atoms with E-state index in [0.717, 1.165) is 17.4 Å². The summed E-state index contributed by atoms with van der Waals surface area (Å²) in [6.45, 7) is 1.89. The fraction of sp³-hybridized carbons (Fsp3) is 0.240. The van der Waals surface area contributed by atoms with Crippen molar-refractivity contribution >= 4 is 21.6 Å². The van der Waals surface area contributed by atoms with Crippen LogP contribution in [0.1, 0.15) is 30.5 Å². The lowest BCUT2D eigenvalue weighted by Gasteiger charge is -2.24. The van der Waals surface area contributed by atoms with Crippen LogP contribution in [0.25, 0.3) is 0 Å². The Labute approximate surface area is 189 Å². The topological polar surface area (TPSA) is 75.7 Å². The zero-order valence-electron chi connectivity index (χ0n) is 18.4. The fourth-order valence-electron chi connectivity index (χ4n) is 3.30. The van der Waals surface area contributed by atoms with Crippen LogP contribution in [0.5, 0.6) is 5.75 Å². The molecule has 0 saturated carbocycles. The molecule has 0 aliphatic heterocycles. The van der Waals surface area contributed by atoms with Gasteiger partial charge in [0.05, 0.1) is 18.0 Å². The van der Waals surface area contributed by atoms with Crippen molar-refractivity contribution in [3.8, 4) is 5.75 Å². The Morgan fingerprint density at radius 2 is 1.41 bits per heavy atom. The summed E-state index contributed by atoms with van der Waals surface area (Å²) in [4.78, 5) is 13.1. The van der Waals surface area contributed by atoms with Crippen LogP contribution >= 0.6 is 0 Å². The third-order valence-electron chi connectivity index (χ3n) is 5.19. The molecule has 0 aromatic heterocycles. The second-order valence-electron chi connectivity index (χ2n) is 7.50. The summed E-state index contributed by atoms with van der Waals surface area (Å²) in [6, 6.07) is 25.9. The van der Waals surface area contributed by atoms with Crippen LogP contribution in [-0.2, 0) is 14.8 Å². The maximum Gasteiger partial charge on any atom is 0.261 e. The van der Waals surface area contributed by atoms with Crippen molar-refractivity contribution in [2.24, 2.45) is 0 Å². The lowest BCUT2D eigenvalue weighted by Crippen LogP contribution is -2.40. The minimum atomic E-state index is -3.35. The first-order valence-electron chi connectivity index (χ1n) is 10.4. The van der Waals surface area contributed by atoms with Crippen LogP contribution in [0, 0.1) is 0 Å². The minimum Gasteiger partial charge on any atom is -0.481 e. The molecule has 32 heavy (non-hydrogen) atoms. The van der Waals surface area contributed by atoms with Gasteiger partial charge in [-0.25, -0.2) is 8.42 Å². The standard InChI is InChI=1S/C25H28N2O4S/c1-4-23(31-22-17-15-21(16-18-22)27(2)32(3,29)30)25(28)26-24(19-11-7-5-8-12-19)20-13-9-6-10-14-20/h5-18,23-24H,4H2,1-3H3,(H,26,28)/t23-/m0/s1. The van der Waals surface area contributed by atoms with Crippen LogP contribution in [0.4, 0.5) is 5.69 Å². The molecule has 3 aromatic rings. The van der Waals surface area contributed by atoms with E-state index in [4.69, 9.17) is 4.74 Å². The Bertz CT molecular complexity index is 1080. The fourth-order valence-corrected chi connectivity index (χ4v) is 3.80. The molecule has 7 heteroatoms. The van der Waals surface area contributed by atoms with Crippen molar-refractivity contribution in [3.63, 3.8) is 0 Å². The van der Waals surface area contributed by atoms with E-state index in [1.54, 1.807) is 24.3 Å². The van der Waals surface area contributed by atoms with Crippen LogP contribution in [0.3, 0.4) is 0 Å². The lowest BCUT2D eigenvalue weighted by atomic mass is 9.98. The van der Waals surface area contributed by atoms with Gasteiger partial charge in [0.1, 0.15) is 5.75 Å². The monoisotopic (exact) mass is 452 g/mol. The molecule has 0 heterocycles. The van der Waals surface area contributed by atoms with Gasteiger partial charge in [-0.1, -0.05) is 67.6 Å². The molecule has 0 unspecified atom stereocenters. The Kier molecular flexibility index (Phi) is 7.53. The van der Waals surface area contributed by atoms with E-state index in [2.05, 4.69) is 5.32 Å². The summed E-state index contributed by atoms with van der Waals surface area (Å²) < 4.78 is 30.5. The van der Waals surface area contributed by atoms with E-state index in [9.17, 15) is 13.2 Å². The molecular formula is C25H28N2O4S. The van der Waals surface area contributed by atoms with Crippen molar-refractivity contribution < 1.29 is 17.9 Å². The van der Waals surface area contributed by atoms with E-state index in [0.29, 0.717) is 17.9 Å². The van der Waals surface area contributed by atoms with Crippen molar-refractivity contribution in [2.45, 2.75) is 25.5 Å². The summed E-state index contributed by atoms with van der Waals surface area (Å²) >= 11 is 0. The summed E-state index contributed by atoms with van der Waals surface area (Å²) in [5, 5.41) is 3.12. The minimum absolute atomic E-state index is 0.220. The van der Waals surface area contributed by atoms with E-state index < -0.39 is 16.1 Å². The van der Waals surface area contributed by atoms with E-state index >= 15 is 0 Å². The highest BCUT2D eigenvalue weighted by Crippen LogP contribution is 2.24. The molecule has 0 fully saturated rings. The summed E-state index contributed by atoms with van der Waals surface area (Å²) in [5.41, 5.74) is 2.48. The average Bonchev–Trinajstić information content (AvgIpc) is 2.81. The Morgan fingerprint density at radius 1 is 0.906 bits per heavy atom. The molecule has 0 radical (unpaired) electrons. The van der Waals surface area contributed by atoms with Gasteiger partial charge in [0.25, 0.3) is 5.91 Å². The van der Waals surface area contributed by atoms with Crippen LogP contribution in [-0.4, -0.2) is 33.7 Å². The largest absolute Gasteiger partial charge is 0.481 e. The number of sulfonamides is 1. The number of amides is 1. The van der Waals surface area contributed by atoms with Crippen molar-refractivity contribution in [1.82, 2.24) is 5.32 Å². The number of anilines is 1. The smallest absolute Gasteiger partial charge is 0.261 e. The molecule has 0 spiro atoms. The first kappa shape index (κ1) is 23.3. The molecule has 3 aromatic carbocycles. The Hall–Kier alpha value is -3.32. The predicted molar refractivity (Wildman–Crippen MR) is 127 cm³/mol. The maximum atomic E-state index is 13.1. The third kappa shape index (κ3) is 5.88. The molecule has 168 valence electrons. The molecular weight excluding hydrogens is 424 g/mol. The van der Waals surface area contributed by atoms with Crippen LogP contribution in [0.15, 0.2) is 84.9 Å². The van der Waals surface area contributed by atoms with Crippen molar-refractivity contribution in [1.29, 1.82) is 0 Å². The molecule has 0 saturated heterocycles. The van der Waals surface area contributed by atoms with Gasteiger partial charge in [-0.2, -0.15) is 0 Å². The molecule has 1 atom stereocenters. The molecule has 0 aliphatic rings. The molecule has 1 N–H and O–H groups in total. The normalized spacial score (nSPS) is 12.2. The number of ether oxygens (including phenoxy) is 1. The highest BCUT2D eigenvalue weighted by molar-refractivity contribution is 7.92. The Balaban J connectivity index is 1.76. The molecule has 3 rings (SSSR count). The quantitative estimate of drug-likeness (QED) is 0.529. The number of nitrogens with one attached hydrogen (secondary N) is 1.